The number of nitrogens with one attached hydrogen (secondary N) is 2. The first-order valence-corrected chi connectivity index (χ1v) is 9.53. The standard InChI is InChI=1S/C23H26N2O3/c1-15(2)9-23(27)25-19-6-4-5-17(11-19)13-24-22(26)12-18-14-28-21-10-16(3)7-8-20(18)21/h4-8,10-11,14-15H,9,12-13H2,1-3H3,(H,24,26)(H,25,27). The SMILES string of the molecule is Cc1ccc2c(CC(=O)NCc3cccc(NC(=O)CC(C)C)c3)coc2c1. The zero-order valence-electron chi connectivity index (χ0n) is 16.5. The van der Waals surface area contributed by atoms with Crippen molar-refractivity contribution in [3.63, 3.8) is 0 Å². The number of benzene rings is 2. The van der Waals surface area contributed by atoms with Gasteiger partial charge in [-0.3, -0.25) is 9.59 Å². The van der Waals surface area contributed by atoms with Crippen LogP contribution in [0.5, 0.6) is 0 Å². The maximum atomic E-state index is 12.4. The third-order valence-electron chi connectivity index (χ3n) is 4.46. The van der Waals surface area contributed by atoms with Gasteiger partial charge in [-0.05, 0) is 42.2 Å². The molecule has 0 bridgehead atoms. The van der Waals surface area contributed by atoms with Crippen LogP contribution in [0.1, 0.15) is 37.0 Å². The summed E-state index contributed by atoms with van der Waals surface area (Å²) in [5.74, 6) is 0.237. The summed E-state index contributed by atoms with van der Waals surface area (Å²) < 4.78 is 5.55. The van der Waals surface area contributed by atoms with Gasteiger partial charge in [-0.15, -0.1) is 0 Å². The number of hydrogen-bond donors (Lipinski definition) is 2. The lowest BCUT2D eigenvalue weighted by Crippen LogP contribution is -2.24. The summed E-state index contributed by atoms with van der Waals surface area (Å²) in [5, 5.41) is 6.80. The van der Waals surface area contributed by atoms with Gasteiger partial charge in [0.2, 0.25) is 11.8 Å². The summed E-state index contributed by atoms with van der Waals surface area (Å²) in [7, 11) is 0. The molecule has 146 valence electrons. The van der Waals surface area contributed by atoms with E-state index in [1.807, 2.05) is 63.2 Å². The molecule has 1 heterocycles. The van der Waals surface area contributed by atoms with E-state index in [4.69, 9.17) is 4.42 Å². The van der Waals surface area contributed by atoms with Crippen molar-refractivity contribution < 1.29 is 14.0 Å². The third kappa shape index (κ3) is 5.22. The first-order valence-electron chi connectivity index (χ1n) is 9.53. The zero-order chi connectivity index (χ0) is 20.1. The molecule has 28 heavy (non-hydrogen) atoms. The van der Waals surface area contributed by atoms with E-state index < -0.39 is 0 Å². The monoisotopic (exact) mass is 378 g/mol. The van der Waals surface area contributed by atoms with Crippen molar-refractivity contribution in [2.75, 3.05) is 5.32 Å². The molecule has 2 aromatic carbocycles. The van der Waals surface area contributed by atoms with Gasteiger partial charge in [0.1, 0.15) is 5.58 Å². The van der Waals surface area contributed by atoms with Crippen molar-refractivity contribution in [3.8, 4) is 0 Å². The molecule has 0 spiro atoms. The van der Waals surface area contributed by atoms with E-state index in [0.29, 0.717) is 18.9 Å². The van der Waals surface area contributed by atoms with Gasteiger partial charge in [-0.1, -0.05) is 38.1 Å². The van der Waals surface area contributed by atoms with Crippen LogP contribution in [0, 0.1) is 12.8 Å². The van der Waals surface area contributed by atoms with Gasteiger partial charge in [0, 0.05) is 29.6 Å². The largest absolute Gasteiger partial charge is 0.464 e. The average molecular weight is 378 g/mol. The Labute approximate surface area is 165 Å². The van der Waals surface area contributed by atoms with Gasteiger partial charge in [0.05, 0.1) is 12.7 Å². The molecule has 0 atom stereocenters. The second-order valence-corrected chi connectivity index (χ2v) is 7.56. The van der Waals surface area contributed by atoms with Crippen LogP contribution in [-0.2, 0) is 22.6 Å². The lowest BCUT2D eigenvalue weighted by Gasteiger charge is -2.09. The maximum Gasteiger partial charge on any atom is 0.224 e. The fourth-order valence-electron chi connectivity index (χ4n) is 3.11. The second kappa shape index (κ2) is 8.74. The minimum absolute atomic E-state index is 0.00161. The Kier molecular flexibility index (Phi) is 6.14. The Balaban J connectivity index is 1.57. The van der Waals surface area contributed by atoms with Crippen molar-refractivity contribution in [1.29, 1.82) is 0 Å². The number of rotatable bonds is 7. The van der Waals surface area contributed by atoms with Crippen LogP contribution in [0.25, 0.3) is 11.0 Å². The summed E-state index contributed by atoms with van der Waals surface area (Å²) in [6.45, 7) is 6.43. The van der Waals surface area contributed by atoms with Crippen LogP contribution in [0.4, 0.5) is 5.69 Å². The lowest BCUT2D eigenvalue weighted by atomic mass is 10.1. The van der Waals surface area contributed by atoms with E-state index in [9.17, 15) is 9.59 Å². The molecule has 0 aliphatic heterocycles. The number of fused-ring (bicyclic) bond motifs is 1. The third-order valence-corrected chi connectivity index (χ3v) is 4.46. The van der Waals surface area contributed by atoms with E-state index in [1.165, 1.54) is 0 Å². The molecule has 0 aliphatic rings. The van der Waals surface area contributed by atoms with Crippen molar-refractivity contribution in [3.05, 3.63) is 65.4 Å². The summed E-state index contributed by atoms with van der Waals surface area (Å²) in [6.07, 6.45) is 2.40. The predicted molar refractivity (Wildman–Crippen MR) is 111 cm³/mol. The van der Waals surface area contributed by atoms with Crippen LogP contribution in [0.2, 0.25) is 0 Å². The van der Waals surface area contributed by atoms with E-state index >= 15 is 0 Å². The van der Waals surface area contributed by atoms with Crippen LogP contribution in [-0.4, -0.2) is 11.8 Å². The minimum Gasteiger partial charge on any atom is -0.464 e. The van der Waals surface area contributed by atoms with Crippen LogP contribution in [0.3, 0.4) is 0 Å². The van der Waals surface area contributed by atoms with Crippen LogP contribution >= 0.6 is 0 Å². The molecule has 2 amide bonds. The van der Waals surface area contributed by atoms with E-state index in [1.54, 1.807) is 6.26 Å². The topological polar surface area (TPSA) is 71.3 Å². The van der Waals surface area contributed by atoms with E-state index in [0.717, 1.165) is 33.3 Å². The van der Waals surface area contributed by atoms with Crippen molar-refractivity contribution >= 4 is 28.5 Å². The molecule has 3 rings (SSSR count). The highest BCUT2D eigenvalue weighted by Crippen LogP contribution is 2.22. The Morgan fingerprint density at radius 1 is 1.07 bits per heavy atom. The molecular weight excluding hydrogens is 352 g/mol. The first-order chi connectivity index (χ1) is 13.4. The second-order valence-electron chi connectivity index (χ2n) is 7.56. The van der Waals surface area contributed by atoms with E-state index in [2.05, 4.69) is 10.6 Å². The highest BCUT2D eigenvalue weighted by Gasteiger charge is 2.11. The number of carbonyl (C=O) groups is 2. The molecule has 0 radical (unpaired) electrons. The Bertz CT molecular complexity index is 988. The van der Waals surface area contributed by atoms with Gasteiger partial charge in [0.25, 0.3) is 0 Å². The zero-order valence-corrected chi connectivity index (χ0v) is 16.5. The number of anilines is 1. The van der Waals surface area contributed by atoms with Crippen molar-refractivity contribution in [2.24, 2.45) is 5.92 Å². The fourth-order valence-corrected chi connectivity index (χ4v) is 3.11. The fraction of sp³-hybridized carbons (Fsp3) is 0.304. The quantitative estimate of drug-likeness (QED) is 0.632. The summed E-state index contributed by atoms with van der Waals surface area (Å²) >= 11 is 0. The number of aryl methyl sites for hydroxylation is 1. The Morgan fingerprint density at radius 3 is 2.68 bits per heavy atom. The molecular formula is C23H26N2O3. The molecule has 5 heteroatoms. The molecule has 0 unspecified atom stereocenters. The molecule has 3 aromatic rings. The predicted octanol–water partition coefficient (Wildman–Crippen LogP) is 4.58. The molecule has 1 aromatic heterocycles. The average Bonchev–Trinajstić information content (AvgIpc) is 3.01. The van der Waals surface area contributed by atoms with Gasteiger partial charge in [0.15, 0.2) is 0 Å². The lowest BCUT2D eigenvalue weighted by molar-refractivity contribution is -0.120. The van der Waals surface area contributed by atoms with Crippen molar-refractivity contribution in [2.45, 2.75) is 40.2 Å². The molecule has 0 fully saturated rings. The maximum absolute atomic E-state index is 12.4. The van der Waals surface area contributed by atoms with E-state index in [-0.39, 0.29) is 18.2 Å². The molecule has 0 saturated carbocycles. The minimum atomic E-state index is -0.0717. The summed E-state index contributed by atoms with van der Waals surface area (Å²) in [5.41, 5.74) is 4.48. The number of carbonyl (C=O) groups excluding carboxylic acids is 2. The number of hydrogen-bond acceptors (Lipinski definition) is 3. The smallest absolute Gasteiger partial charge is 0.224 e. The van der Waals surface area contributed by atoms with Crippen LogP contribution < -0.4 is 10.6 Å². The molecule has 0 aliphatic carbocycles. The normalized spacial score (nSPS) is 11.0. The van der Waals surface area contributed by atoms with Crippen molar-refractivity contribution in [1.82, 2.24) is 5.32 Å². The summed E-state index contributed by atoms with van der Waals surface area (Å²) in [4.78, 5) is 24.3. The first kappa shape index (κ1) is 19.7. The molecule has 2 N–H and O–H groups in total. The van der Waals surface area contributed by atoms with Crippen LogP contribution in [0.15, 0.2) is 53.1 Å². The molecule has 0 saturated heterocycles. The van der Waals surface area contributed by atoms with Gasteiger partial charge in [-0.25, -0.2) is 0 Å². The Hall–Kier alpha value is -3.08. The van der Waals surface area contributed by atoms with Gasteiger partial charge >= 0.3 is 0 Å². The summed E-state index contributed by atoms with van der Waals surface area (Å²) in [6, 6.07) is 13.5. The highest BCUT2D eigenvalue weighted by molar-refractivity contribution is 5.91. The number of amides is 2. The van der Waals surface area contributed by atoms with Gasteiger partial charge in [-0.2, -0.15) is 0 Å². The number of furan rings is 1. The highest BCUT2D eigenvalue weighted by atomic mass is 16.3. The van der Waals surface area contributed by atoms with Gasteiger partial charge < -0.3 is 15.1 Å². The molecule has 5 nitrogen and oxygen atoms in total. The Morgan fingerprint density at radius 2 is 1.89 bits per heavy atom.